The van der Waals surface area contributed by atoms with Crippen LogP contribution in [0.25, 0.3) is 11.3 Å². The number of halogens is 1. The van der Waals surface area contributed by atoms with Crippen LogP contribution in [0.3, 0.4) is 0 Å². The van der Waals surface area contributed by atoms with Crippen molar-refractivity contribution in [3.8, 4) is 17.0 Å². The van der Waals surface area contributed by atoms with Crippen LogP contribution >= 0.6 is 0 Å². The summed E-state index contributed by atoms with van der Waals surface area (Å²) in [6.07, 6.45) is 0. The average Bonchev–Trinajstić information content (AvgIpc) is 2.99. The fourth-order valence-corrected chi connectivity index (χ4v) is 2.55. The van der Waals surface area contributed by atoms with E-state index in [0.717, 1.165) is 5.56 Å². The Morgan fingerprint density at radius 2 is 1.96 bits per heavy atom. The van der Waals surface area contributed by atoms with E-state index in [4.69, 9.17) is 4.74 Å². The number of carboxylic acid groups (broad SMARTS) is 1. The number of aryl methyl sites for hydroxylation is 1. The number of benzene rings is 2. The predicted molar refractivity (Wildman–Crippen MR) is 89.2 cm³/mol. The van der Waals surface area contributed by atoms with E-state index < -0.39 is 11.8 Å². The first kappa shape index (κ1) is 16.6. The molecule has 25 heavy (non-hydrogen) atoms. The maximum atomic E-state index is 13.9. The van der Waals surface area contributed by atoms with Gasteiger partial charge >= 0.3 is 5.97 Å². The van der Waals surface area contributed by atoms with Gasteiger partial charge in [0.25, 0.3) is 0 Å². The molecule has 0 unspecified atom stereocenters. The summed E-state index contributed by atoms with van der Waals surface area (Å²) in [5, 5.41) is 17.1. The van der Waals surface area contributed by atoms with Crippen LogP contribution in [0.5, 0.6) is 5.75 Å². The Morgan fingerprint density at radius 1 is 1.24 bits per heavy atom. The number of carboxylic acids is 1. The lowest BCUT2D eigenvalue weighted by Gasteiger charge is -2.09. The average molecular weight is 341 g/mol. The number of aromatic nitrogens is 3. The molecular formula is C18H16FN3O3. The normalized spacial score (nSPS) is 10.7. The lowest BCUT2D eigenvalue weighted by molar-refractivity contribution is 0.0691. The zero-order chi connectivity index (χ0) is 18.0. The number of hydrogen-bond acceptors (Lipinski definition) is 4. The Labute approximate surface area is 143 Å². The molecule has 6 nitrogen and oxygen atoms in total. The fourth-order valence-electron chi connectivity index (χ4n) is 2.55. The molecule has 0 spiro atoms. The van der Waals surface area contributed by atoms with Crippen molar-refractivity contribution in [2.24, 2.45) is 0 Å². The Kier molecular flexibility index (Phi) is 4.47. The summed E-state index contributed by atoms with van der Waals surface area (Å²) in [6.45, 7) is 2.13. The van der Waals surface area contributed by atoms with E-state index in [1.54, 1.807) is 6.07 Å². The highest BCUT2D eigenvalue weighted by Gasteiger charge is 2.21. The van der Waals surface area contributed by atoms with E-state index in [-0.39, 0.29) is 18.0 Å². The van der Waals surface area contributed by atoms with Gasteiger partial charge in [-0.1, -0.05) is 41.1 Å². The van der Waals surface area contributed by atoms with E-state index in [0.29, 0.717) is 16.8 Å². The van der Waals surface area contributed by atoms with Crippen molar-refractivity contribution in [1.29, 1.82) is 0 Å². The third kappa shape index (κ3) is 3.35. The molecule has 7 heteroatoms. The molecule has 0 aliphatic heterocycles. The summed E-state index contributed by atoms with van der Waals surface area (Å²) in [7, 11) is 1.39. The highest BCUT2D eigenvalue weighted by Crippen LogP contribution is 2.25. The van der Waals surface area contributed by atoms with Crippen LogP contribution in [-0.2, 0) is 6.54 Å². The van der Waals surface area contributed by atoms with Crippen molar-refractivity contribution in [3.63, 3.8) is 0 Å². The minimum atomic E-state index is -1.16. The molecule has 2 aromatic carbocycles. The Bertz CT molecular complexity index is 920. The number of rotatable bonds is 5. The smallest absolute Gasteiger partial charge is 0.358 e. The molecule has 0 saturated carbocycles. The summed E-state index contributed by atoms with van der Waals surface area (Å²) in [6, 6.07) is 11.9. The molecule has 0 amide bonds. The number of nitrogens with zero attached hydrogens (tertiary/aromatic N) is 3. The standard InChI is InChI=1S/C18H16FN3O3/c1-11-3-6-13(7-4-11)17-16(18(23)24)20-21-22(17)10-12-5-8-15(25-2)14(19)9-12/h3-9H,10H2,1-2H3,(H,23,24). The molecule has 1 heterocycles. The van der Waals surface area contributed by atoms with Gasteiger partial charge in [-0.2, -0.15) is 0 Å². The van der Waals surface area contributed by atoms with Crippen molar-refractivity contribution in [2.45, 2.75) is 13.5 Å². The molecule has 3 aromatic rings. The lowest BCUT2D eigenvalue weighted by Crippen LogP contribution is -2.06. The lowest BCUT2D eigenvalue weighted by atomic mass is 10.1. The van der Waals surface area contributed by atoms with Gasteiger partial charge < -0.3 is 9.84 Å². The highest BCUT2D eigenvalue weighted by atomic mass is 19.1. The van der Waals surface area contributed by atoms with Gasteiger partial charge in [0.15, 0.2) is 17.3 Å². The van der Waals surface area contributed by atoms with Crippen LogP contribution in [0.2, 0.25) is 0 Å². The first-order valence-electron chi connectivity index (χ1n) is 7.56. The second-order valence-corrected chi connectivity index (χ2v) is 5.58. The summed E-state index contributed by atoms with van der Waals surface area (Å²) in [5.74, 6) is -1.51. The maximum Gasteiger partial charge on any atom is 0.358 e. The topological polar surface area (TPSA) is 77.2 Å². The van der Waals surface area contributed by atoms with Gasteiger partial charge in [0.2, 0.25) is 0 Å². The molecule has 1 N–H and O–H groups in total. The molecule has 0 fully saturated rings. The zero-order valence-electron chi connectivity index (χ0n) is 13.7. The quantitative estimate of drug-likeness (QED) is 0.771. The first-order chi connectivity index (χ1) is 12.0. The van der Waals surface area contributed by atoms with Gasteiger partial charge in [0.05, 0.1) is 13.7 Å². The minimum Gasteiger partial charge on any atom is -0.494 e. The predicted octanol–water partition coefficient (Wildman–Crippen LogP) is 3.15. The minimum absolute atomic E-state index is 0.141. The van der Waals surface area contributed by atoms with Crippen LogP contribution in [0.4, 0.5) is 4.39 Å². The molecular weight excluding hydrogens is 325 g/mol. The number of methoxy groups -OCH3 is 1. The van der Waals surface area contributed by atoms with Crippen molar-refractivity contribution in [3.05, 3.63) is 65.1 Å². The highest BCUT2D eigenvalue weighted by molar-refractivity contribution is 5.92. The summed E-state index contributed by atoms with van der Waals surface area (Å²) in [5.41, 5.74) is 2.59. The Hall–Kier alpha value is -3.22. The fraction of sp³-hybridized carbons (Fsp3) is 0.167. The van der Waals surface area contributed by atoms with E-state index in [9.17, 15) is 14.3 Å². The summed E-state index contributed by atoms with van der Waals surface area (Å²) < 4.78 is 20.2. The largest absolute Gasteiger partial charge is 0.494 e. The van der Waals surface area contributed by atoms with Gasteiger partial charge in [-0.05, 0) is 24.6 Å². The van der Waals surface area contributed by atoms with Crippen LogP contribution < -0.4 is 4.74 Å². The van der Waals surface area contributed by atoms with Crippen LogP contribution in [-0.4, -0.2) is 33.2 Å². The van der Waals surface area contributed by atoms with E-state index in [1.165, 1.54) is 23.9 Å². The van der Waals surface area contributed by atoms with Crippen molar-refractivity contribution in [1.82, 2.24) is 15.0 Å². The molecule has 0 saturated heterocycles. The van der Waals surface area contributed by atoms with Gasteiger partial charge in [-0.25, -0.2) is 13.9 Å². The Balaban J connectivity index is 2.03. The second-order valence-electron chi connectivity index (χ2n) is 5.58. The van der Waals surface area contributed by atoms with Crippen LogP contribution in [0.1, 0.15) is 21.6 Å². The van der Waals surface area contributed by atoms with Gasteiger partial charge in [-0.15, -0.1) is 5.10 Å². The first-order valence-corrected chi connectivity index (χ1v) is 7.56. The molecule has 3 rings (SSSR count). The molecule has 0 bridgehead atoms. The summed E-state index contributed by atoms with van der Waals surface area (Å²) in [4.78, 5) is 11.5. The number of ether oxygens (including phenoxy) is 1. The molecule has 1 aromatic heterocycles. The molecule has 0 atom stereocenters. The zero-order valence-corrected chi connectivity index (χ0v) is 13.7. The third-order valence-corrected chi connectivity index (χ3v) is 3.81. The van der Waals surface area contributed by atoms with Crippen LogP contribution in [0, 0.1) is 12.7 Å². The molecule has 0 aliphatic rings. The maximum absolute atomic E-state index is 13.9. The molecule has 128 valence electrons. The second kappa shape index (κ2) is 6.72. The number of carbonyl (C=O) groups is 1. The van der Waals surface area contributed by atoms with E-state index >= 15 is 0 Å². The Morgan fingerprint density at radius 3 is 2.56 bits per heavy atom. The van der Waals surface area contributed by atoms with Gasteiger partial charge in [0, 0.05) is 5.56 Å². The molecule has 0 radical (unpaired) electrons. The van der Waals surface area contributed by atoms with Crippen molar-refractivity contribution < 1.29 is 19.0 Å². The van der Waals surface area contributed by atoms with Crippen molar-refractivity contribution in [2.75, 3.05) is 7.11 Å². The van der Waals surface area contributed by atoms with E-state index in [2.05, 4.69) is 10.3 Å². The molecule has 0 aliphatic carbocycles. The summed E-state index contributed by atoms with van der Waals surface area (Å²) >= 11 is 0. The van der Waals surface area contributed by atoms with Crippen LogP contribution in [0.15, 0.2) is 42.5 Å². The SMILES string of the molecule is COc1ccc(Cn2nnc(C(=O)O)c2-c2ccc(C)cc2)cc1F. The number of hydrogen-bond donors (Lipinski definition) is 1. The number of aromatic carboxylic acids is 1. The van der Waals surface area contributed by atoms with Gasteiger partial charge in [-0.3, -0.25) is 0 Å². The monoisotopic (exact) mass is 341 g/mol. The third-order valence-electron chi connectivity index (χ3n) is 3.81. The van der Waals surface area contributed by atoms with Gasteiger partial charge in [0.1, 0.15) is 5.69 Å². The van der Waals surface area contributed by atoms with Crippen molar-refractivity contribution >= 4 is 5.97 Å². The van der Waals surface area contributed by atoms with E-state index in [1.807, 2.05) is 31.2 Å².